The lowest BCUT2D eigenvalue weighted by molar-refractivity contribution is 0.243. The molecule has 0 radical (unpaired) electrons. The van der Waals surface area contributed by atoms with Gasteiger partial charge >= 0.3 is 0 Å². The standard InChI is InChI=1S/C11H16BrN5O/c1-6(2)18-9-5-7(12)3-4-8(9)16-11(15)17-10(13)14/h3-6H,1-2H3,(H6,13,14,15,16,17). The zero-order chi connectivity index (χ0) is 13.7. The minimum absolute atomic E-state index is 0.0223. The van der Waals surface area contributed by atoms with Crippen molar-refractivity contribution in [2.24, 2.45) is 27.2 Å². The van der Waals surface area contributed by atoms with E-state index in [9.17, 15) is 0 Å². The number of halogens is 1. The Labute approximate surface area is 114 Å². The highest BCUT2D eigenvalue weighted by Crippen LogP contribution is 2.31. The summed E-state index contributed by atoms with van der Waals surface area (Å²) in [5.41, 5.74) is 16.6. The average Bonchev–Trinajstić information content (AvgIpc) is 2.20. The van der Waals surface area contributed by atoms with Crippen LogP contribution in [0.1, 0.15) is 13.8 Å². The quantitative estimate of drug-likeness (QED) is 0.579. The molecule has 18 heavy (non-hydrogen) atoms. The Bertz CT molecular complexity index is 480. The molecule has 0 fully saturated rings. The zero-order valence-corrected chi connectivity index (χ0v) is 11.8. The fourth-order valence-corrected chi connectivity index (χ4v) is 1.55. The molecule has 1 rings (SSSR count). The van der Waals surface area contributed by atoms with Crippen molar-refractivity contribution < 1.29 is 4.74 Å². The molecule has 1 aromatic carbocycles. The maximum atomic E-state index is 5.63. The number of rotatable bonds is 3. The van der Waals surface area contributed by atoms with Crippen LogP contribution in [0.5, 0.6) is 5.75 Å². The number of guanidine groups is 2. The zero-order valence-electron chi connectivity index (χ0n) is 10.2. The third-order valence-corrected chi connectivity index (χ3v) is 2.26. The summed E-state index contributed by atoms with van der Waals surface area (Å²) in [7, 11) is 0. The van der Waals surface area contributed by atoms with Crippen molar-refractivity contribution >= 4 is 33.5 Å². The molecule has 0 saturated carbocycles. The summed E-state index contributed by atoms with van der Waals surface area (Å²) in [6.45, 7) is 3.85. The molecule has 6 nitrogen and oxygen atoms in total. The van der Waals surface area contributed by atoms with Gasteiger partial charge in [0.05, 0.1) is 6.10 Å². The first-order valence-corrected chi connectivity index (χ1v) is 6.07. The molecule has 7 heteroatoms. The van der Waals surface area contributed by atoms with Gasteiger partial charge in [-0.2, -0.15) is 4.99 Å². The first-order valence-electron chi connectivity index (χ1n) is 5.28. The fourth-order valence-electron chi connectivity index (χ4n) is 1.21. The monoisotopic (exact) mass is 313 g/mol. The van der Waals surface area contributed by atoms with Gasteiger partial charge < -0.3 is 21.9 Å². The lowest BCUT2D eigenvalue weighted by Gasteiger charge is -2.12. The van der Waals surface area contributed by atoms with E-state index in [4.69, 9.17) is 21.9 Å². The number of ether oxygens (including phenoxy) is 1. The molecule has 0 spiro atoms. The topological polar surface area (TPSA) is 112 Å². The molecule has 0 aliphatic rings. The minimum atomic E-state index is -0.139. The molecular formula is C11H16BrN5O. The lowest BCUT2D eigenvalue weighted by atomic mass is 10.3. The van der Waals surface area contributed by atoms with Gasteiger partial charge in [0.15, 0.2) is 5.96 Å². The van der Waals surface area contributed by atoms with E-state index in [1.54, 1.807) is 6.07 Å². The van der Waals surface area contributed by atoms with E-state index < -0.39 is 0 Å². The largest absolute Gasteiger partial charge is 0.489 e. The molecule has 0 aliphatic heterocycles. The number of aliphatic imine (C=N–C) groups is 2. The Morgan fingerprint density at radius 2 is 1.94 bits per heavy atom. The molecular weight excluding hydrogens is 298 g/mol. The van der Waals surface area contributed by atoms with Gasteiger partial charge in [-0.05, 0) is 32.0 Å². The van der Waals surface area contributed by atoms with Crippen LogP contribution in [0.2, 0.25) is 0 Å². The van der Waals surface area contributed by atoms with Crippen molar-refractivity contribution in [3.05, 3.63) is 22.7 Å². The Morgan fingerprint density at radius 3 is 2.50 bits per heavy atom. The number of nitrogens with two attached hydrogens (primary N) is 3. The van der Waals surface area contributed by atoms with Crippen LogP contribution in [0.25, 0.3) is 0 Å². The highest BCUT2D eigenvalue weighted by Gasteiger charge is 2.06. The normalized spacial score (nSPS) is 11.4. The second-order valence-corrected chi connectivity index (χ2v) is 4.70. The summed E-state index contributed by atoms with van der Waals surface area (Å²) in [6, 6.07) is 5.40. The van der Waals surface area contributed by atoms with E-state index >= 15 is 0 Å². The lowest BCUT2D eigenvalue weighted by Crippen LogP contribution is -2.26. The first kappa shape index (κ1) is 14.3. The summed E-state index contributed by atoms with van der Waals surface area (Å²) in [6.07, 6.45) is 0.0255. The third kappa shape index (κ3) is 4.62. The maximum Gasteiger partial charge on any atom is 0.223 e. The van der Waals surface area contributed by atoms with E-state index in [2.05, 4.69) is 25.9 Å². The molecule has 0 saturated heterocycles. The van der Waals surface area contributed by atoms with Crippen molar-refractivity contribution in [3.63, 3.8) is 0 Å². The Morgan fingerprint density at radius 1 is 1.28 bits per heavy atom. The minimum Gasteiger partial charge on any atom is -0.489 e. The molecule has 98 valence electrons. The van der Waals surface area contributed by atoms with Crippen LogP contribution < -0.4 is 21.9 Å². The van der Waals surface area contributed by atoms with E-state index in [1.165, 1.54) is 0 Å². The second kappa shape index (κ2) is 6.25. The van der Waals surface area contributed by atoms with Gasteiger partial charge in [-0.25, -0.2) is 4.99 Å². The summed E-state index contributed by atoms with van der Waals surface area (Å²) in [5, 5.41) is 0. The summed E-state index contributed by atoms with van der Waals surface area (Å²) in [5.74, 6) is 0.443. The van der Waals surface area contributed by atoms with Gasteiger partial charge in [-0.15, -0.1) is 0 Å². The number of nitrogens with zero attached hydrogens (tertiary/aromatic N) is 2. The average molecular weight is 314 g/mol. The molecule has 0 amide bonds. The van der Waals surface area contributed by atoms with Gasteiger partial charge in [0, 0.05) is 4.47 Å². The van der Waals surface area contributed by atoms with Crippen molar-refractivity contribution in [1.82, 2.24) is 0 Å². The molecule has 0 atom stereocenters. The molecule has 0 heterocycles. The maximum absolute atomic E-state index is 5.63. The van der Waals surface area contributed by atoms with Crippen LogP contribution in [0.3, 0.4) is 0 Å². The molecule has 0 aliphatic carbocycles. The van der Waals surface area contributed by atoms with E-state index in [0.29, 0.717) is 11.4 Å². The van der Waals surface area contributed by atoms with Crippen LogP contribution in [-0.2, 0) is 0 Å². The summed E-state index contributed by atoms with van der Waals surface area (Å²) in [4.78, 5) is 7.74. The predicted molar refractivity (Wildman–Crippen MR) is 77.0 cm³/mol. The van der Waals surface area contributed by atoms with Gasteiger partial charge in [0.25, 0.3) is 0 Å². The highest BCUT2D eigenvalue weighted by molar-refractivity contribution is 9.10. The fraction of sp³-hybridized carbons (Fsp3) is 0.273. The molecule has 0 bridgehead atoms. The van der Waals surface area contributed by atoms with Crippen molar-refractivity contribution in [1.29, 1.82) is 0 Å². The predicted octanol–water partition coefficient (Wildman–Crippen LogP) is 1.46. The van der Waals surface area contributed by atoms with Crippen molar-refractivity contribution in [3.8, 4) is 5.75 Å². The van der Waals surface area contributed by atoms with Crippen molar-refractivity contribution in [2.45, 2.75) is 20.0 Å². The number of hydrogen-bond donors (Lipinski definition) is 3. The summed E-state index contributed by atoms with van der Waals surface area (Å²) < 4.78 is 6.51. The van der Waals surface area contributed by atoms with Crippen LogP contribution in [0, 0.1) is 0 Å². The van der Waals surface area contributed by atoms with E-state index in [-0.39, 0.29) is 18.0 Å². The van der Waals surface area contributed by atoms with Gasteiger partial charge in [0.1, 0.15) is 11.4 Å². The van der Waals surface area contributed by atoms with Crippen LogP contribution in [0.15, 0.2) is 32.7 Å². The molecule has 6 N–H and O–H groups in total. The molecule has 0 aromatic heterocycles. The van der Waals surface area contributed by atoms with E-state index in [1.807, 2.05) is 26.0 Å². The van der Waals surface area contributed by atoms with Crippen LogP contribution >= 0.6 is 15.9 Å². The number of benzene rings is 1. The second-order valence-electron chi connectivity index (χ2n) is 3.79. The molecule has 1 aromatic rings. The van der Waals surface area contributed by atoms with Crippen LogP contribution in [-0.4, -0.2) is 18.0 Å². The number of hydrogen-bond acceptors (Lipinski definition) is 2. The summed E-state index contributed by atoms with van der Waals surface area (Å²) >= 11 is 3.37. The van der Waals surface area contributed by atoms with Crippen molar-refractivity contribution in [2.75, 3.05) is 0 Å². The van der Waals surface area contributed by atoms with Gasteiger partial charge in [-0.3, -0.25) is 0 Å². The third-order valence-electron chi connectivity index (χ3n) is 1.76. The SMILES string of the molecule is CC(C)Oc1cc(Br)ccc1N=C(N)N=C(N)N. The molecule has 0 unspecified atom stereocenters. The first-order chi connectivity index (χ1) is 8.38. The van der Waals surface area contributed by atoms with E-state index in [0.717, 1.165) is 4.47 Å². The van der Waals surface area contributed by atoms with Gasteiger partial charge in [0.2, 0.25) is 5.96 Å². The Kier molecular flexibility index (Phi) is 4.96. The van der Waals surface area contributed by atoms with Gasteiger partial charge in [-0.1, -0.05) is 15.9 Å². The Hall–Kier alpha value is -1.76. The Balaban J connectivity index is 3.11. The smallest absolute Gasteiger partial charge is 0.223 e. The van der Waals surface area contributed by atoms with Crippen LogP contribution in [0.4, 0.5) is 5.69 Å². The highest BCUT2D eigenvalue weighted by atomic mass is 79.9.